The SMILES string of the molecule is C=C1SCc2cc(CS(=O)(=O)Cc3c(F)c(F)c(C)c(F)c3F)ccc2N1CCC. The van der Waals surface area contributed by atoms with E-state index in [2.05, 4.69) is 11.5 Å². The lowest BCUT2D eigenvalue weighted by molar-refractivity contribution is 0.434. The van der Waals surface area contributed by atoms with Gasteiger partial charge in [-0.15, -0.1) is 11.8 Å². The molecule has 0 aromatic heterocycles. The molecule has 1 heterocycles. The van der Waals surface area contributed by atoms with Crippen LogP contribution >= 0.6 is 11.8 Å². The smallest absolute Gasteiger partial charge is 0.166 e. The highest BCUT2D eigenvalue weighted by molar-refractivity contribution is 8.02. The molecule has 0 fully saturated rings. The number of fused-ring (bicyclic) bond motifs is 1. The molecular formula is C21H21F4NO2S2. The monoisotopic (exact) mass is 459 g/mol. The van der Waals surface area contributed by atoms with Gasteiger partial charge >= 0.3 is 0 Å². The van der Waals surface area contributed by atoms with Crippen molar-refractivity contribution in [3.05, 3.63) is 75.3 Å². The number of rotatable bonds is 6. The molecule has 30 heavy (non-hydrogen) atoms. The van der Waals surface area contributed by atoms with Crippen LogP contribution in [0, 0.1) is 30.2 Å². The van der Waals surface area contributed by atoms with Crippen LogP contribution in [0.15, 0.2) is 29.8 Å². The zero-order valence-corrected chi connectivity index (χ0v) is 18.2. The number of benzene rings is 2. The summed E-state index contributed by atoms with van der Waals surface area (Å²) in [4.78, 5) is 2.06. The minimum Gasteiger partial charge on any atom is -0.336 e. The molecule has 0 spiro atoms. The first kappa shape index (κ1) is 22.7. The molecular weight excluding hydrogens is 438 g/mol. The molecule has 1 aliphatic heterocycles. The fraction of sp³-hybridized carbons (Fsp3) is 0.333. The number of halogens is 4. The Balaban J connectivity index is 1.88. The lowest BCUT2D eigenvalue weighted by atomic mass is 10.1. The van der Waals surface area contributed by atoms with Crippen LogP contribution < -0.4 is 4.90 Å². The maximum absolute atomic E-state index is 14.1. The third-order valence-corrected chi connectivity index (χ3v) is 7.41. The van der Waals surface area contributed by atoms with Gasteiger partial charge in [0.1, 0.15) is 0 Å². The van der Waals surface area contributed by atoms with E-state index in [4.69, 9.17) is 0 Å². The van der Waals surface area contributed by atoms with Crippen LogP contribution in [0.25, 0.3) is 0 Å². The summed E-state index contributed by atoms with van der Waals surface area (Å²) in [6.45, 7) is 7.75. The van der Waals surface area contributed by atoms with Crippen molar-refractivity contribution >= 4 is 27.3 Å². The van der Waals surface area contributed by atoms with Crippen LogP contribution in [0.1, 0.15) is 35.6 Å². The Morgan fingerprint density at radius 3 is 2.30 bits per heavy atom. The molecule has 9 heteroatoms. The summed E-state index contributed by atoms with van der Waals surface area (Å²) in [6.07, 6.45) is 0.913. The number of hydrogen-bond acceptors (Lipinski definition) is 4. The summed E-state index contributed by atoms with van der Waals surface area (Å²) in [5, 5.41) is 0.916. The van der Waals surface area contributed by atoms with Crippen molar-refractivity contribution in [3.63, 3.8) is 0 Å². The van der Waals surface area contributed by atoms with E-state index in [1.807, 2.05) is 6.92 Å². The number of thioether (sulfide) groups is 1. The average molecular weight is 460 g/mol. The van der Waals surface area contributed by atoms with Gasteiger partial charge in [-0.2, -0.15) is 0 Å². The van der Waals surface area contributed by atoms with Gasteiger partial charge in [0.05, 0.1) is 16.5 Å². The average Bonchev–Trinajstić information content (AvgIpc) is 2.70. The third-order valence-electron chi connectivity index (χ3n) is 4.90. The van der Waals surface area contributed by atoms with Gasteiger partial charge in [-0.3, -0.25) is 0 Å². The second kappa shape index (κ2) is 8.63. The summed E-state index contributed by atoms with van der Waals surface area (Å²) in [6, 6.07) is 5.16. The van der Waals surface area contributed by atoms with Crippen LogP contribution in [0.2, 0.25) is 0 Å². The lowest BCUT2D eigenvalue weighted by Crippen LogP contribution is -2.25. The molecule has 0 saturated carbocycles. The Labute approximate surface area is 177 Å². The van der Waals surface area contributed by atoms with Crippen molar-refractivity contribution in [2.75, 3.05) is 11.4 Å². The highest BCUT2D eigenvalue weighted by atomic mass is 32.2. The van der Waals surface area contributed by atoms with Gasteiger partial charge < -0.3 is 4.90 Å². The van der Waals surface area contributed by atoms with E-state index in [1.165, 1.54) is 0 Å². The summed E-state index contributed by atoms with van der Waals surface area (Å²) in [5.74, 6) is -7.53. The van der Waals surface area contributed by atoms with Gasteiger partial charge in [-0.05, 0) is 30.5 Å². The minimum atomic E-state index is -4.09. The van der Waals surface area contributed by atoms with Crippen LogP contribution in [0.3, 0.4) is 0 Å². The van der Waals surface area contributed by atoms with E-state index in [0.717, 1.165) is 36.2 Å². The van der Waals surface area contributed by atoms with Gasteiger partial charge in [0, 0.05) is 29.1 Å². The maximum Gasteiger partial charge on any atom is 0.166 e. The van der Waals surface area contributed by atoms with Gasteiger partial charge in [0.2, 0.25) is 0 Å². The summed E-state index contributed by atoms with van der Waals surface area (Å²) in [5.41, 5.74) is 0.373. The molecule has 3 nitrogen and oxygen atoms in total. The first-order chi connectivity index (χ1) is 14.1. The van der Waals surface area contributed by atoms with E-state index in [9.17, 15) is 26.0 Å². The van der Waals surface area contributed by atoms with Crippen molar-refractivity contribution < 1.29 is 26.0 Å². The Morgan fingerprint density at radius 1 is 1.07 bits per heavy atom. The van der Waals surface area contributed by atoms with Crippen LogP contribution in [-0.4, -0.2) is 15.0 Å². The fourth-order valence-corrected chi connectivity index (χ4v) is 5.77. The van der Waals surface area contributed by atoms with Crippen molar-refractivity contribution in [3.8, 4) is 0 Å². The molecule has 3 rings (SSSR count). The summed E-state index contributed by atoms with van der Waals surface area (Å²) >= 11 is 1.55. The first-order valence-corrected chi connectivity index (χ1v) is 12.1. The highest BCUT2D eigenvalue weighted by Gasteiger charge is 2.27. The minimum absolute atomic E-state index is 0.437. The van der Waals surface area contributed by atoms with Crippen molar-refractivity contribution in [1.82, 2.24) is 0 Å². The van der Waals surface area contributed by atoms with E-state index < -0.39 is 55.7 Å². The number of sulfone groups is 1. The molecule has 162 valence electrons. The summed E-state index contributed by atoms with van der Waals surface area (Å²) in [7, 11) is -4.09. The van der Waals surface area contributed by atoms with E-state index in [-0.39, 0.29) is 0 Å². The number of nitrogens with zero attached hydrogens (tertiary/aromatic N) is 1. The van der Waals surface area contributed by atoms with Crippen LogP contribution in [0.5, 0.6) is 0 Å². The van der Waals surface area contributed by atoms with Crippen molar-refractivity contribution in [2.45, 2.75) is 37.5 Å². The Morgan fingerprint density at radius 2 is 1.70 bits per heavy atom. The Bertz CT molecular complexity index is 1090. The van der Waals surface area contributed by atoms with Gasteiger partial charge in [-0.1, -0.05) is 25.6 Å². The number of hydrogen-bond donors (Lipinski definition) is 0. The maximum atomic E-state index is 14.1. The van der Waals surface area contributed by atoms with Crippen molar-refractivity contribution in [1.29, 1.82) is 0 Å². The molecule has 0 bridgehead atoms. The predicted octanol–water partition coefficient (Wildman–Crippen LogP) is 5.60. The fourth-order valence-electron chi connectivity index (χ4n) is 3.39. The largest absolute Gasteiger partial charge is 0.336 e. The highest BCUT2D eigenvalue weighted by Crippen LogP contribution is 2.39. The zero-order valence-electron chi connectivity index (χ0n) is 16.6. The van der Waals surface area contributed by atoms with Gasteiger partial charge in [0.25, 0.3) is 0 Å². The predicted molar refractivity (Wildman–Crippen MR) is 112 cm³/mol. The lowest BCUT2D eigenvalue weighted by Gasteiger charge is -2.32. The Hall–Kier alpha value is -2.00. The molecule has 0 atom stereocenters. The second-order valence-corrected chi connectivity index (χ2v) is 10.3. The molecule has 0 radical (unpaired) electrons. The first-order valence-electron chi connectivity index (χ1n) is 9.28. The molecule has 2 aromatic rings. The Kier molecular flexibility index (Phi) is 6.52. The van der Waals surface area contributed by atoms with Gasteiger partial charge in [0.15, 0.2) is 33.1 Å². The zero-order chi connectivity index (χ0) is 22.2. The molecule has 0 saturated heterocycles. The molecule has 2 aromatic carbocycles. The van der Waals surface area contributed by atoms with Crippen LogP contribution in [-0.2, 0) is 27.1 Å². The molecule has 0 aliphatic carbocycles. The topological polar surface area (TPSA) is 37.4 Å². The standard InChI is InChI=1S/C21H21F4NO2S2/c1-4-7-26-13(3)29-9-15-8-14(5-6-17(15)26)10-30(27,28)11-16-20(24)18(22)12(2)19(23)21(16)25/h5-6,8H,3-4,7,9-11H2,1-2H3. The normalized spacial score (nSPS) is 14.2. The molecule has 1 aliphatic rings. The molecule has 0 amide bonds. The van der Waals surface area contributed by atoms with E-state index >= 15 is 0 Å². The quantitative estimate of drug-likeness (QED) is 0.416. The second-order valence-electron chi connectivity index (χ2n) is 7.19. The van der Waals surface area contributed by atoms with Gasteiger partial charge in [-0.25, -0.2) is 26.0 Å². The molecule has 0 N–H and O–H groups in total. The number of anilines is 1. The summed E-state index contributed by atoms with van der Waals surface area (Å²) < 4.78 is 80.8. The van der Waals surface area contributed by atoms with Crippen LogP contribution in [0.4, 0.5) is 23.2 Å². The van der Waals surface area contributed by atoms with E-state index in [0.29, 0.717) is 11.3 Å². The third kappa shape index (κ3) is 4.37. The molecule has 0 unspecified atom stereocenters. The van der Waals surface area contributed by atoms with Crippen molar-refractivity contribution in [2.24, 2.45) is 0 Å². The van der Waals surface area contributed by atoms with E-state index in [1.54, 1.807) is 30.0 Å².